The second-order valence-electron chi connectivity index (χ2n) is 10.6. The van der Waals surface area contributed by atoms with Crippen LogP contribution in [0.25, 0.3) is 33.0 Å². The van der Waals surface area contributed by atoms with Gasteiger partial charge in [-0.3, -0.25) is 0 Å². The molecule has 1 heteroatoms. The van der Waals surface area contributed by atoms with E-state index < -0.39 is 7.92 Å². The molecule has 0 atom stereocenters. The number of benzene rings is 5. The molecule has 0 N–H and O–H groups in total. The van der Waals surface area contributed by atoms with Crippen LogP contribution in [-0.4, -0.2) is 0 Å². The summed E-state index contributed by atoms with van der Waals surface area (Å²) in [5, 5.41) is 4.33. The summed E-state index contributed by atoms with van der Waals surface area (Å²) in [5.74, 6) is 0. The molecule has 0 fully saturated rings. The summed E-state index contributed by atoms with van der Waals surface area (Å²) in [6, 6.07) is 42.6. The Balaban J connectivity index is 1.73. The third kappa shape index (κ3) is 3.39. The molecule has 1 aliphatic rings. The van der Waals surface area contributed by atoms with E-state index >= 15 is 0 Å². The maximum atomic E-state index is 2.49. The standard InChI is InChI=1S/C34H31P/c1-33(2)29-22-11-18-26-19-12-23-30(31(26)29)34(3,4)35(33)32-27(24-14-7-5-8-15-24)20-13-21-28(32)25-16-9-6-10-17-25/h5-23H,1-4H3. The molecule has 0 saturated carbocycles. The van der Waals surface area contributed by atoms with Gasteiger partial charge in [0, 0.05) is 10.3 Å². The normalized spacial score (nSPS) is 16.3. The molecule has 172 valence electrons. The van der Waals surface area contributed by atoms with Gasteiger partial charge in [-0.2, -0.15) is 0 Å². The van der Waals surface area contributed by atoms with Gasteiger partial charge in [0.1, 0.15) is 0 Å². The van der Waals surface area contributed by atoms with Crippen molar-refractivity contribution in [1.29, 1.82) is 0 Å². The van der Waals surface area contributed by atoms with Gasteiger partial charge in [0.25, 0.3) is 0 Å². The molecule has 6 rings (SSSR count). The molecule has 0 radical (unpaired) electrons. The summed E-state index contributed by atoms with van der Waals surface area (Å²) in [7, 11) is -0.655. The fourth-order valence-corrected chi connectivity index (χ4v) is 10.6. The lowest BCUT2D eigenvalue weighted by Gasteiger charge is -2.52. The Morgan fingerprint density at radius 1 is 0.457 bits per heavy atom. The monoisotopic (exact) mass is 470 g/mol. The van der Waals surface area contributed by atoms with Gasteiger partial charge in [-0.1, -0.05) is 151 Å². The van der Waals surface area contributed by atoms with Crippen molar-refractivity contribution in [3.8, 4) is 22.3 Å². The lowest BCUT2D eigenvalue weighted by Crippen LogP contribution is -2.37. The fraction of sp³-hybridized carbons (Fsp3) is 0.176. The molecule has 0 aliphatic carbocycles. The van der Waals surface area contributed by atoms with Crippen molar-refractivity contribution in [3.05, 3.63) is 126 Å². The topological polar surface area (TPSA) is 0 Å². The number of hydrogen-bond donors (Lipinski definition) is 0. The minimum Gasteiger partial charge on any atom is -0.0622 e. The van der Waals surface area contributed by atoms with E-state index in [9.17, 15) is 0 Å². The predicted molar refractivity (Wildman–Crippen MR) is 154 cm³/mol. The molecule has 0 saturated heterocycles. The third-order valence-corrected chi connectivity index (χ3v) is 11.4. The van der Waals surface area contributed by atoms with Gasteiger partial charge < -0.3 is 0 Å². The first-order valence-corrected chi connectivity index (χ1v) is 13.8. The van der Waals surface area contributed by atoms with Crippen LogP contribution in [0.3, 0.4) is 0 Å². The zero-order valence-corrected chi connectivity index (χ0v) is 21.8. The molecule has 0 nitrogen and oxygen atoms in total. The van der Waals surface area contributed by atoms with E-state index in [1.54, 1.807) is 0 Å². The van der Waals surface area contributed by atoms with Gasteiger partial charge in [-0.25, -0.2) is 0 Å². The quantitative estimate of drug-likeness (QED) is 0.230. The van der Waals surface area contributed by atoms with Crippen molar-refractivity contribution in [2.75, 3.05) is 0 Å². The highest BCUT2D eigenvalue weighted by Crippen LogP contribution is 2.72. The van der Waals surface area contributed by atoms with Gasteiger partial charge >= 0.3 is 0 Å². The molecule has 0 bridgehead atoms. The Morgan fingerprint density at radius 2 is 0.886 bits per heavy atom. The van der Waals surface area contributed by atoms with Crippen molar-refractivity contribution >= 4 is 24.0 Å². The summed E-state index contributed by atoms with van der Waals surface area (Å²) in [4.78, 5) is 0. The third-order valence-electron chi connectivity index (χ3n) is 7.77. The summed E-state index contributed by atoms with van der Waals surface area (Å²) in [5.41, 5.74) is 8.30. The average Bonchev–Trinajstić information content (AvgIpc) is 2.88. The van der Waals surface area contributed by atoms with Crippen molar-refractivity contribution in [1.82, 2.24) is 0 Å². The Morgan fingerprint density at radius 3 is 1.34 bits per heavy atom. The van der Waals surface area contributed by atoms with Gasteiger partial charge in [-0.05, 0) is 49.5 Å². The fourth-order valence-electron chi connectivity index (χ4n) is 6.35. The van der Waals surface area contributed by atoms with Crippen molar-refractivity contribution in [2.24, 2.45) is 0 Å². The zero-order chi connectivity index (χ0) is 24.2. The maximum Gasteiger partial charge on any atom is 0.0153 e. The summed E-state index contributed by atoms with van der Waals surface area (Å²) >= 11 is 0. The molecule has 0 aromatic heterocycles. The highest BCUT2D eigenvalue weighted by atomic mass is 31.1. The van der Waals surface area contributed by atoms with Crippen LogP contribution in [0.5, 0.6) is 0 Å². The lowest BCUT2D eigenvalue weighted by atomic mass is 9.87. The van der Waals surface area contributed by atoms with E-state index in [2.05, 4.69) is 143 Å². The van der Waals surface area contributed by atoms with Crippen LogP contribution in [0.15, 0.2) is 115 Å². The van der Waals surface area contributed by atoms with Crippen molar-refractivity contribution in [3.63, 3.8) is 0 Å². The zero-order valence-electron chi connectivity index (χ0n) is 20.9. The van der Waals surface area contributed by atoms with E-state index in [0.29, 0.717) is 0 Å². The lowest BCUT2D eigenvalue weighted by molar-refractivity contribution is 0.679. The minimum absolute atomic E-state index is 0.00110. The Labute approximate surface area is 210 Å². The first-order chi connectivity index (χ1) is 16.9. The first-order valence-electron chi connectivity index (χ1n) is 12.5. The Kier molecular flexibility index (Phi) is 5.21. The Bertz CT molecular complexity index is 1420. The molecule has 5 aromatic rings. The molecule has 1 heterocycles. The van der Waals surface area contributed by atoms with E-state index in [4.69, 9.17) is 0 Å². The molecular weight excluding hydrogens is 439 g/mol. The Hall–Kier alpha value is -3.21. The summed E-state index contributed by atoms with van der Waals surface area (Å²) in [6.07, 6.45) is 0. The van der Waals surface area contributed by atoms with Crippen LogP contribution >= 0.6 is 7.92 Å². The largest absolute Gasteiger partial charge is 0.0622 e. The average molecular weight is 471 g/mol. The molecule has 5 aromatic carbocycles. The van der Waals surface area contributed by atoms with E-state index in [-0.39, 0.29) is 10.3 Å². The van der Waals surface area contributed by atoms with E-state index in [1.165, 1.54) is 49.5 Å². The second kappa shape index (κ2) is 8.18. The predicted octanol–water partition coefficient (Wildman–Crippen LogP) is 9.46. The maximum absolute atomic E-state index is 2.49. The van der Waals surface area contributed by atoms with Crippen LogP contribution in [0.2, 0.25) is 0 Å². The van der Waals surface area contributed by atoms with Gasteiger partial charge in [0.05, 0.1) is 0 Å². The molecule has 0 spiro atoms. The van der Waals surface area contributed by atoms with Crippen molar-refractivity contribution < 1.29 is 0 Å². The van der Waals surface area contributed by atoms with E-state index in [1.807, 2.05) is 0 Å². The van der Waals surface area contributed by atoms with Crippen LogP contribution in [0, 0.1) is 0 Å². The summed E-state index contributed by atoms with van der Waals surface area (Å²) in [6.45, 7) is 9.95. The highest BCUT2D eigenvalue weighted by molar-refractivity contribution is 7.68. The van der Waals surface area contributed by atoms with Crippen LogP contribution in [0.4, 0.5) is 0 Å². The molecule has 0 amide bonds. The first kappa shape index (κ1) is 22.3. The summed E-state index contributed by atoms with van der Waals surface area (Å²) < 4.78 is 0. The molecular formula is C34H31P. The SMILES string of the molecule is CC1(C)c2cccc3cccc(c23)C(C)(C)P1c1c(-c2ccccc2)cccc1-c1ccccc1. The number of hydrogen-bond acceptors (Lipinski definition) is 0. The smallest absolute Gasteiger partial charge is 0.0153 e. The minimum atomic E-state index is -0.655. The van der Waals surface area contributed by atoms with Gasteiger partial charge in [-0.15, -0.1) is 0 Å². The number of rotatable bonds is 3. The van der Waals surface area contributed by atoms with Crippen LogP contribution in [0.1, 0.15) is 38.8 Å². The van der Waals surface area contributed by atoms with Gasteiger partial charge in [0.15, 0.2) is 0 Å². The van der Waals surface area contributed by atoms with Crippen molar-refractivity contribution in [2.45, 2.75) is 38.0 Å². The highest BCUT2D eigenvalue weighted by Gasteiger charge is 2.49. The van der Waals surface area contributed by atoms with E-state index in [0.717, 1.165) is 0 Å². The molecule has 1 aliphatic heterocycles. The molecule has 0 unspecified atom stereocenters. The van der Waals surface area contributed by atoms with Crippen LogP contribution < -0.4 is 5.30 Å². The van der Waals surface area contributed by atoms with Gasteiger partial charge in [0.2, 0.25) is 0 Å². The van der Waals surface area contributed by atoms with Crippen LogP contribution in [-0.2, 0) is 10.3 Å². The second-order valence-corrected chi connectivity index (χ2v) is 14.0. The molecule has 35 heavy (non-hydrogen) atoms.